The molecule has 3 aliphatic carbocycles. The van der Waals surface area contributed by atoms with Gasteiger partial charge in [0.05, 0.1) is 11.5 Å². The lowest BCUT2D eigenvalue weighted by molar-refractivity contribution is -0.127. The van der Waals surface area contributed by atoms with Gasteiger partial charge in [-0.1, -0.05) is 0 Å². The maximum Gasteiger partial charge on any atom is 0.412 e. The van der Waals surface area contributed by atoms with Crippen LogP contribution in [0.1, 0.15) is 29.5 Å². The summed E-state index contributed by atoms with van der Waals surface area (Å²) in [7, 11) is 3.53. The number of fused-ring (bicyclic) bond motifs is 3. The number of carbonyl (C=O) groups excluding carboxylic acids is 4. The molecule has 41 heavy (non-hydrogen) atoms. The molecule has 6 N–H and O–H groups in total. The van der Waals surface area contributed by atoms with E-state index >= 15 is 0 Å². The second-order valence-corrected chi connectivity index (χ2v) is 10.6. The number of amides is 2. The molecule has 214 valence electrons. The molecule has 2 aromatic rings. The Hall–Kier alpha value is -4.87. The van der Waals surface area contributed by atoms with Crippen LogP contribution in [0.2, 0.25) is 0 Å². The van der Waals surface area contributed by atoms with Crippen molar-refractivity contribution in [3.8, 4) is 11.5 Å². The predicted molar refractivity (Wildman–Crippen MR) is 144 cm³/mol. The lowest BCUT2D eigenvalue weighted by Gasteiger charge is -2.41. The van der Waals surface area contributed by atoms with Crippen molar-refractivity contribution in [3.63, 3.8) is 0 Å². The third-order valence-electron chi connectivity index (χ3n) is 7.87. The van der Waals surface area contributed by atoms with Gasteiger partial charge in [-0.2, -0.15) is 0 Å². The minimum absolute atomic E-state index is 0.00990. The lowest BCUT2D eigenvalue weighted by atomic mass is 9.61. The Kier molecular flexibility index (Phi) is 6.93. The Morgan fingerprint density at radius 3 is 2.44 bits per heavy atom. The van der Waals surface area contributed by atoms with Crippen LogP contribution in [0, 0.1) is 23.6 Å². The number of allylic oxidation sites excluding steroid dienone is 2. The summed E-state index contributed by atoms with van der Waals surface area (Å²) < 4.78 is 18.2. The number of nitrogens with zero attached hydrogens (tertiary/aromatic N) is 1. The number of phenolic OH excluding ortho intramolecular Hbond substituents is 1. The average molecular weight is 566 g/mol. The summed E-state index contributed by atoms with van der Waals surface area (Å²) in [6.45, 7) is -0.210. The highest BCUT2D eigenvalue weighted by Gasteiger charge is 2.51. The van der Waals surface area contributed by atoms with Gasteiger partial charge in [0, 0.05) is 43.9 Å². The summed E-state index contributed by atoms with van der Waals surface area (Å²) in [5.41, 5.74) is 6.10. The number of hydrogen-bond donors (Lipinski definition) is 5. The largest absolute Gasteiger partial charge is 0.511 e. The van der Waals surface area contributed by atoms with Gasteiger partial charge < -0.3 is 36.0 Å². The molecular weight excluding hydrogens is 537 g/mol. The summed E-state index contributed by atoms with van der Waals surface area (Å²) in [5.74, 6) is -6.60. The Morgan fingerprint density at radius 1 is 1.12 bits per heavy atom. The number of anilines is 1. The van der Waals surface area contributed by atoms with Gasteiger partial charge >= 0.3 is 6.09 Å². The molecule has 12 heteroatoms. The van der Waals surface area contributed by atoms with E-state index in [1.54, 1.807) is 25.1 Å². The first kappa shape index (κ1) is 27.7. The Morgan fingerprint density at radius 2 is 1.80 bits per heavy atom. The van der Waals surface area contributed by atoms with E-state index in [0.29, 0.717) is 11.3 Å². The van der Waals surface area contributed by atoms with Gasteiger partial charge in [0.25, 0.3) is 5.91 Å². The molecular formula is C29H28FN3O8. The molecule has 0 aliphatic heterocycles. The third kappa shape index (κ3) is 4.75. The molecule has 2 amide bonds. The fourth-order valence-electron chi connectivity index (χ4n) is 6.09. The van der Waals surface area contributed by atoms with Crippen molar-refractivity contribution in [2.24, 2.45) is 23.5 Å². The number of aliphatic hydroxyl groups excluding tert-OH is 2. The van der Waals surface area contributed by atoms with Crippen molar-refractivity contribution in [1.82, 2.24) is 5.32 Å². The summed E-state index contributed by atoms with van der Waals surface area (Å²) in [5, 5.41) is 35.9. The molecule has 0 aromatic heterocycles. The highest BCUT2D eigenvalue weighted by atomic mass is 19.1. The van der Waals surface area contributed by atoms with Gasteiger partial charge in [0.2, 0.25) is 0 Å². The van der Waals surface area contributed by atoms with Crippen LogP contribution in [0.3, 0.4) is 0 Å². The van der Waals surface area contributed by atoms with Crippen LogP contribution in [0.5, 0.6) is 11.5 Å². The van der Waals surface area contributed by atoms with Crippen LogP contribution in [-0.4, -0.2) is 53.0 Å². The molecule has 3 atom stereocenters. The van der Waals surface area contributed by atoms with Crippen molar-refractivity contribution < 1.29 is 43.6 Å². The standard InChI is InChI=1S/C29H28FN3O8/c1-33(2)18-9-14(11-32-29(40)41-16-5-3-15(30)4-6-16)24(35)22-17(18)8-12-7-13-10-19(34)23(28(31)39)27(38)21(13)25(36)20(12)26(22)37/h3-6,9,12-13,21,35,37-38H,7-8,10-11H2,1-2H3,(H2,31,39)(H,32,40)/t12-,13?,21?/m1/s1. The molecule has 0 saturated heterocycles. The van der Waals surface area contributed by atoms with E-state index in [2.05, 4.69) is 5.32 Å². The number of phenols is 1. The minimum atomic E-state index is -1.22. The number of benzene rings is 2. The van der Waals surface area contributed by atoms with Gasteiger partial charge in [0.15, 0.2) is 11.6 Å². The maximum atomic E-state index is 13.7. The van der Waals surface area contributed by atoms with Crippen molar-refractivity contribution >= 4 is 35.0 Å². The van der Waals surface area contributed by atoms with Gasteiger partial charge in [-0.3, -0.25) is 14.4 Å². The van der Waals surface area contributed by atoms with Crippen LogP contribution < -0.4 is 20.7 Å². The number of aliphatic hydroxyl groups is 2. The Labute approximate surface area is 233 Å². The first-order valence-electron chi connectivity index (χ1n) is 12.9. The summed E-state index contributed by atoms with van der Waals surface area (Å²) in [4.78, 5) is 52.1. The van der Waals surface area contributed by atoms with Gasteiger partial charge in [-0.25, -0.2) is 9.18 Å². The smallest absolute Gasteiger partial charge is 0.412 e. The highest BCUT2D eigenvalue weighted by molar-refractivity contribution is 6.21. The van der Waals surface area contributed by atoms with Crippen molar-refractivity contribution in [2.45, 2.75) is 25.8 Å². The molecule has 2 unspecified atom stereocenters. The van der Waals surface area contributed by atoms with Crippen LogP contribution in [-0.2, 0) is 27.3 Å². The number of primary amides is 1. The zero-order chi connectivity index (χ0) is 29.7. The number of rotatable bonds is 5. The molecule has 3 aliphatic rings. The predicted octanol–water partition coefficient (Wildman–Crippen LogP) is 2.80. The SMILES string of the molecule is CN(C)c1cc(CNC(=O)Oc2ccc(F)cc2)c(O)c2c1C[C@H]1CC3CC(=O)C(C(N)=O)=C(O)C3C(=O)C1=C2O. The number of ketones is 2. The number of carbonyl (C=O) groups is 4. The monoisotopic (exact) mass is 565 g/mol. The first-order chi connectivity index (χ1) is 19.4. The summed E-state index contributed by atoms with van der Waals surface area (Å²) in [6, 6.07) is 6.48. The number of aromatic hydroxyl groups is 1. The zero-order valence-electron chi connectivity index (χ0n) is 22.2. The Bertz CT molecular complexity index is 1560. The third-order valence-corrected chi connectivity index (χ3v) is 7.87. The first-order valence-corrected chi connectivity index (χ1v) is 12.9. The summed E-state index contributed by atoms with van der Waals surface area (Å²) in [6.07, 6.45) is -0.466. The van der Waals surface area contributed by atoms with Crippen molar-refractivity contribution in [3.05, 3.63) is 69.7 Å². The highest BCUT2D eigenvalue weighted by Crippen LogP contribution is 2.52. The van der Waals surface area contributed by atoms with Crippen LogP contribution in [0.25, 0.3) is 5.76 Å². The van der Waals surface area contributed by atoms with Crippen molar-refractivity contribution in [2.75, 3.05) is 19.0 Å². The molecule has 0 heterocycles. The fraction of sp³-hybridized carbons (Fsp3) is 0.310. The molecule has 11 nitrogen and oxygen atoms in total. The van der Waals surface area contributed by atoms with E-state index in [1.165, 1.54) is 12.1 Å². The van der Waals surface area contributed by atoms with Crippen molar-refractivity contribution in [1.29, 1.82) is 0 Å². The molecule has 0 bridgehead atoms. The quantitative estimate of drug-likeness (QED) is 0.341. The van der Waals surface area contributed by atoms with E-state index in [-0.39, 0.29) is 54.0 Å². The summed E-state index contributed by atoms with van der Waals surface area (Å²) >= 11 is 0. The van der Waals surface area contributed by atoms with Gasteiger partial charge in [-0.15, -0.1) is 0 Å². The topological polar surface area (TPSA) is 179 Å². The number of nitrogens with two attached hydrogens (primary N) is 1. The molecule has 5 rings (SSSR count). The number of hydrogen-bond acceptors (Lipinski definition) is 9. The van der Waals surface area contributed by atoms with Crippen LogP contribution >= 0.6 is 0 Å². The van der Waals surface area contributed by atoms with Crippen LogP contribution in [0.15, 0.2) is 47.2 Å². The van der Waals surface area contributed by atoms with E-state index in [4.69, 9.17) is 10.5 Å². The Balaban J connectivity index is 1.51. The zero-order valence-corrected chi connectivity index (χ0v) is 22.2. The number of ether oxygens (including phenoxy) is 1. The number of Topliss-reactive ketones (excluding diaryl/α,β-unsaturated/α-hetero) is 2. The normalized spacial score (nSPS) is 21.6. The fourth-order valence-corrected chi connectivity index (χ4v) is 6.09. The maximum absolute atomic E-state index is 13.7. The van der Waals surface area contributed by atoms with E-state index < -0.39 is 64.2 Å². The minimum Gasteiger partial charge on any atom is -0.511 e. The molecule has 1 fully saturated rings. The molecule has 0 spiro atoms. The second-order valence-electron chi connectivity index (χ2n) is 10.6. The number of halogens is 1. The average Bonchev–Trinajstić information content (AvgIpc) is 2.88. The molecule has 0 radical (unpaired) electrons. The van der Waals surface area contributed by atoms with E-state index in [1.807, 2.05) is 0 Å². The van der Waals surface area contributed by atoms with E-state index in [9.17, 15) is 38.9 Å². The molecule has 1 saturated carbocycles. The molecule has 2 aromatic carbocycles. The van der Waals surface area contributed by atoms with Gasteiger partial charge in [0.1, 0.15) is 34.4 Å². The second kappa shape index (κ2) is 10.3. The lowest BCUT2D eigenvalue weighted by Crippen LogP contribution is -2.44. The van der Waals surface area contributed by atoms with Gasteiger partial charge in [-0.05, 0) is 60.6 Å². The van der Waals surface area contributed by atoms with Crippen LogP contribution in [0.4, 0.5) is 14.9 Å². The van der Waals surface area contributed by atoms with E-state index in [0.717, 1.165) is 12.1 Å². The number of nitrogens with one attached hydrogen (secondary N) is 1.